The standard InChI is InChI=1S/C38H42ClF2N2O2S/c1-5-43(6-2,25-29-21-26(3)20-27(4)22-29)19-10-9-18-42(24-28-16-17-30-12-7-8-13-31(30)23-28)37(44)36-35(39)34-32(45-38(40)41)14-11-15-33(34)46-36/h7-8,11-17,20-23,38H,5-6,9-10,18-19,24-25H2,1-4H3/q+1. The molecule has 0 aliphatic carbocycles. The first-order valence-corrected chi connectivity index (χ1v) is 17.2. The van der Waals surface area contributed by atoms with Crippen molar-refractivity contribution in [3.8, 4) is 5.75 Å². The first kappa shape index (κ1) is 33.8. The minimum atomic E-state index is -2.99. The maximum absolute atomic E-state index is 14.2. The highest BCUT2D eigenvalue weighted by Crippen LogP contribution is 2.42. The number of ether oxygens (including phenoxy) is 1. The van der Waals surface area contributed by atoms with Gasteiger partial charge in [-0.05, 0) is 75.1 Å². The van der Waals surface area contributed by atoms with Crippen LogP contribution in [0.1, 0.15) is 58.6 Å². The van der Waals surface area contributed by atoms with Crippen LogP contribution < -0.4 is 4.74 Å². The van der Waals surface area contributed by atoms with Crippen molar-refractivity contribution < 1.29 is 22.8 Å². The van der Waals surface area contributed by atoms with Gasteiger partial charge < -0.3 is 14.1 Å². The molecule has 0 saturated carbocycles. The van der Waals surface area contributed by atoms with Gasteiger partial charge in [-0.1, -0.05) is 83.4 Å². The topological polar surface area (TPSA) is 29.5 Å². The maximum atomic E-state index is 14.2. The van der Waals surface area contributed by atoms with Crippen LogP contribution in [0.2, 0.25) is 5.02 Å². The largest absolute Gasteiger partial charge is 0.434 e. The number of carbonyl (C=O) groups is 1. The van der Waals surface area contributed by atoms with Crippen LogP contribution in [0.15, 0.2) is 78.9 Å². The number of thiophene rings is 1. The third kappa shape index (κ3) is 7.88. The monoisotopic (exact) mass is 663 g/mol. The Balaban J connectivity index is 1.38. The molecule has 8 heteroatoms. The van der Waals surface area contributed by atoms with Crippen molar-refractivity contribution in [1.29, 1.82) is 0 Å². The van der Waals surface area contributed by atoms with Crippen molar-refractivity contribution in [2.45, 2.75) is 60.2 Å². The molecule has 0 aliphatic heterocycles. The van der Waals surface area contributed by atoms with Crippen molar-refractivity contribution in [1.82, 2.24) is 4.90 Å². The zero-order valence-electron chi connectivity index (χ0n) is 27.0. The fraction of sp³-hybridized carbons (Fsp3) is 0.342. The number of hydrogen-bond donors (Lipinski definition) is 0. The van der Waals surface area contributed by atoms with Gasteiger partial charge in [-0.3, -0.25) is 4.79 Å². The van der Waals surface area contributed by atoms with Gasteiger partial charge in [0.15, 0.2) is 0 Å². The lowest BCUT2D eigenvalue weighted by Crippen LogP contribution is -2.47. The van der Waals surface area contributed by atoms with Crippen LogP contribution in [0.3, 0.4) is 0 Å². The molecule has 4 aromatic carbocycles. The summed E-state index contributed by atoms with van der Waals surface area (Å²) in [6, 6.07) is 26.1. The lowest BCUT2D eigenvalue weighted by atomic mass is 10.1. The molecule has 0 unspecified atom stereocenters. The van der Waals surface area contributed by atoms with Gasteiger partial charge in [-0.2, -0.15) is 8.78 Å². The summed E-state index contributed by atoms with van der Waals surface area (Å²) in [5, 5.41) is 2.76. The molecule has 4 nitrogen and oxygen atoms in total. The normalized spacial score (nSPS) is 11.9. The number of benzene rings is 4. The van der Waals surface area contributed by atoms with E-state index in [2.05, 4.69) is 76.2 Å². The van der Waals surface area contributed by atoms with E-state index in [0.29, 0.717) is 28.1 Å². The van der Waals surface area contributed by atoms with Gasteiger partial charge in [0.1, 0.15) is 17.2 Å². The number of carbonyl (C=O) groups excluding carboxylic acids is 1. The molecule has 1 heterocycles. The smallest absolute Gasteiger partial charge is 0.387 e. The second kappa shape index (κ2) is 14.9. The van der Waals surface area contributed by atoms with Gasteiger partial charge >= 0.3 is 6.61 Å². The Morgan fingerprint density at radius 2 is 1.61 bits per heavy atom. The number of fused-ring (bicyclic) bond motifs is 2. The second-order valence-corrected chi connectivity index (χ2v) is 13.7. The highest BCUT2D eigenvalue weighted by Gasteiger charge is 2.27. The summed E-state index contributed by atoms with van der Waals surface area (Å²) in [6.07, 6.45) is 1.79. The average Bonchev–Trinajstić information content (AvgIpc) is 3.37. The molecule has 0 saturated heterocycles. The van der Waals surface area contributed by atoms with Gasteiger partial charge in [0.05, 0.1) is 30.0 Å². The summed E-state index contributed by atoms with van der Waals surface area (Å²) < 4.78 is 32.7. The van der Waals surface area contributed by atoms with Crippen LogP contribution in [0, 0.1) is 13.8 Å². The molecule has 46 heavy (non-hydrogen) atoms. The second-order valence-electron chi connectivity index (χ2n) is 12.2. The van der Waals surface area contributed by atoms with E-state index >= 15 is 0 Å². The van der Waals surface area contributed by atoms with Gasteiger partial charge in [-0.15, -0.1) is 11.3 Å². The van der Waals surface area contributed by atoms with Crippen molar-refractivity contribution in [3.63, 3.8) is 0 Å². The van der Waals surface area contributed by atoms with Crippen LogP contribution in [0.25, 0.3) is 20.9 Å². The van der Waals surface area contributed by atoms with Crippen molar-refractivity contribution in [2.24, 2.45) is 0 Å². The van der Waals surface area contributed by atoms with E-state index in [-0.39, 0.29) is 16.7 Å². The predicted molar refractivity (Wildman–Crippen MR) is 187 cm³/mol. The third-order valence-corrected chi connectivity index (χ3v) is 10.6. The summed E-state index contributed by atoms with van der Waals surface area (Å²) in [6.45, 7) is 10.9. The van der Waals surface area contributed by atoms with Crippen molar-refractivity contribution >= 4 is 49.7 Å². The maximum Gasteiger partial charge on any atom is 0.387 e. The summed E-state index contributed by atoms with van der Waals surface area (Å²) in [5.74, 6) is -0.227. The number of rotatable bonds is 14. The minimum absolute atomic E-state index is 0.0223. The molecule has 0 bridgehead atoms. The summed E-state index contributed by atoms with van der Waals surface area (Å²) in [5.41, 5.74) is 4.96. The first-order chi connectivity index (χ1) is 22.1. The molecule has 5 rings (SSSR count). The van der Waals surface area contributed by atoms with Crippen LogP contribution in [-0.4, -0.2) is 48.1 Å². The Kier molecular flexibility index (Phi) is 11.0. The molecule has 1 aromatic heterocycles. The number of halogens is 3. The number of hydrogen-bond acceptors (Lipinski definition) is 3. The lowest BCUT2D eigenvalue weighted by Gasteiger charge is -2.37. The fourth-order valence-electron chi connectivity index (χ4n) is 6.51. The molecule has 242 valence electrons. The van der Waals surface area contributed by atoms with Crippen LogP contribution in [-0.2, 0) is 13.1 Å². The number of quaternary nitrogens is 1. The molecule has 1 amide bonds. The Morgan fingerprint density at radius 1 is 0.891 bits per heavy atom. The highest BCUT2D eigenvalue weighted by molar-refractivity contribution is 7.21. The van der Waals surface area contributed by atoms with Crippen LogP contribution >= 0.6 is 22.9 Å². The van der Waals surface area contributed by atoms with Crippen molar-refractivity contribution in [2.75, 3.05) is 26.2 Å². The number of unbranched alkanes of at least 4 members (excludes halogenated alkanes) is 1. The summed E-state index contributed by atoms with van der Waals surface area (Å²) in [4.78, 5) is 16.4. The molecule has 0 atom stereocenters. The first-order valence-electron chi connectivity index (χ1n) is 16.0. The Morgan fingerprint density at radius 3 is 2.30 bits per heavy atom. The van der Waals surface area contributed by atoms with E-state index in [0.717, 1.165) is 59.8 Å². The molecule has 0 fully saturated rings. The Bertz CT molecular complexity index is 1800. The van der Waals surface area contributed by atoms with E-state index in [1.165, 1.54) is 34.1 Å². The van der Waals surface area contributed by atoms with Gasteiger partial charge in [-0.25, -0.2) is 0 Å². The van der Waals surface area contributed by atoms with E-state index in [9.17, 15) is 13.6 Å². The number of nitrogens with zero attached hydrogens (tertiary/aromatic N) is 2. The average molecular weight is 664 g/mol. The van der Waals surface area contributed by atoms with E-state index in [4.69, 9.17) is 16.3 Å². The molecule has 0 radical (unpaired) electrons. The Hall–Kier alpha value is -3.52. The third-order valence-electron chi connectivity index (χ3n) is 8.96. The van der Waals surface area contributed by atoms with Gasteiger partial charge in [0, 0.05) is 23.4 Å². The molecular weight excluding hydrogens is 622 g/mol. The number of alkyl halides is 2. The highest BCUT2D eigenvalue weighted by atomic mass is 35.5. The summed E-state index contributed by atoms with van der Waals surface area (Å²) >= 11 is 7.98. The number of aryl methyl sites for hydroxylation is 2. The molecule has 5 aromatic rings. The molecule has 0 spiro atoms. The molecule has 0 N–H and O–H groups in total. The zero-order valence-corrected chi connectivity index (χ0v) is 28.6. The predicted octanol–water partition coefficient (Wildman–Crippen LogP) is 10.4. The summed E-state index contributed by atoms with van der Waals surface area (Å²) in [7, 11) is 0. The van der Waals surface area contributed by atoms with E-state index in [1.54, 1.807) is 12.1 Å². The lowest BCUT2D eigenvalue weighted by molar-refractivity contribution is -0.938. The van der Waals surface area contributed by atoms with Gasteiger partial charge in [0.2, 0.25) is 0 Å². The van der Waals surface area contributed by atoms with E-state index in [1.807, 2.05) is 17.0 Å². The Labute approximate surface area is 279 Å². The fourth-order valence-corrected chi connectivity index (χ4v) is 8.03. The SMILES string of the molecule is CC[N+](CC)(CCCCN(Cc1ccc2ccccc2c1)C(=O)c1sc2cccc(OC(F)F)c2c1Cl)Cc1cc(C)cc(C)c1. The quantitative estimate of drug-likeness (QED) is 0.0874. The van der Waals surface area contributed by atoms with Crippen molar-refractivity contribution in [3.05, 3.63) is 111 Å². The van der Waals surface area contributed by atoms with Crippen LogP contribution in [0.5, 0.6) is 5.75 Å². The molecule has 0 aliphatic rings. The minimum Gasteiger partial charge on any atom is -0.434 e. The van der Waals surface area contributed by atoms with E-state index < -0.39 is 6.61 Å². The molecular formula is C38H42ClF2N2O2S+. The van der Waals surface area contributed by atoms with Crippen LogP contribution in [0.4, 0.5) is 8.78 Å². The zero-order chi connectivity index (χ0) is 32.8. The number of amides is 1. The van der Waals surface area contributed by atoms with Gasteiger partial charge in [0.25, 0.3) is 5.91 Å².